The minimum Gasteiger partial charge on any atom is -0.311 e. The lowest BCUT2D eigenvalue weighted by Crippen LogP contribution is -2.49. The molecule has 2 unspecified atom stereocenters. The number of nitrogens with one attached hydrogen (secondary N) is 2. The van der Waals surface area contributed by atoms with Crippen LogP contribution in [0.4, 0.5) is 0 Å². The summed E-state index contributed by atoms with van der Waals surface area (Å²) in [4.78, 5) is 11.9. The molecule has 5 aromatic rings. The first-order chi connectivity index (χ1) is 18.3. The van der Waals surface area contributed by atoms with E-state index in [1.54, 1.807) is 0 Å². The average Bonchev–Trinajstić information content (AvgIpc) is 3.76. The van der Waals surface area contributed by atoms with Crippen molar-refractivity contribution in [1.82, 2.24) is 40.0 Å². The number of hydrogen-bond donors (Lipinski definition) is 2. The van der Waals surface area contributed by atoms with Gasteiger partial charge < -0.3 is 5.32 Å². The molecule has 0 spiro atoms. The number of rotatable bonds is 4. The van der Waals surface area contributed by atoms with Crippen molar-refractivity contribution in [3.8, 4) is 22.4 Å². The second-order valence-electron chi connectivity index (χ2n) is 10.9. The van der Waals surface area contributed by atoms with Gasteiger partial charge in [0.2, 0.25) is 0 Å². The van der Waals surface area contributed by atoms with Gasteiger partial charge in [-0.05, 0) is 61.9 Å². The zero-order valence-electron chi connectivity index (χ0n) is 20.7. The number of aromatic nitrogens is 6. The molecule has 186 valence electrons. The molecule has 1 saturated carbocycles. The summed E-state index contributed by atoms with van der Waals surface area (Å²) < 4.78 is 2.12. The number of piperazine rings is 1. The molecule has 2 bridgehead atoms. The molecule has 2 saturated heterocycles. The van der Waals surface area contributed by atoms with Gasteiger partial charge in [-0.1, -0.05) is 12.1 Å². The van der Waals surface area contributed by atoms with Gasteiger partial charge >= 0.3 is 0 Å². The predicted octanol–water partition coefficient (Wildman–Crippen LogP) is 4.41. The van der Waals surface area contributed by atoms with Crippen LogP contribution >= 0.6 is 0 Å². The summed E-state index contributed by atoms with van der Waals surface area (Å²) in [5, 5.41) is 17.4. The summed E-state index contributed by atoms with van der Waals surface area (Å²) >= 11 is 0. The van der Waals surface area contributed by atoms with E-state index in [1.807, 2.05) is 36.9 Å². The van der Waals surface area contributed by atoms with Crippen molar-refractivity contribution in [1.29, 1.82) is 0 Å². The Morgan fingerprint density at radius 2 is 1.81 bits per heavy atom. The highest BCUT2D eigenvalue weighted by atomic mass is 15.3. The van der Waals surface area contributed by atoms with Crippen LogP contribution in [-0.4, -0.2) is 65.9 Å². The fraction of sp³-hybridized carbons (Fsp3) is 0.379. The zero-order chi connectivity index (χ0) is 24.3. The maximum Gasteiger partial charge on any atom is 0.163 e. The first kappa shape index (κ1) is 21.5. The lowest BCUT2D eigenvalue weighted by molar-refractivity contribution is 0.120. The van der Waals surface area contributed by atoms with Crippen LogP contribution in [0.2, 0.25) is 0 Å². The van der Waals surface area contributed by atoms with Gasteiger partial charge in [0.15, 0.2) is 5.65 Å². The molecule has 2 atom stereocenters. The highest BCUT2D eigenvalue weighted by molar-refractivity contribution is 6.02. The predicted molar refractivity (Wildman–Crippen MR) is 143 cm³/mol. The lowest BCUT2D eigenvalue weighted by Gasteiger charge is -2.39. The molecule has 8 rings (SSSR count). The molecule has 1 aliphatic carbocycles. The van der Waals surface area contributed by atoms with E-state index in [4.69, 9.17) is 10.1 Å². The van der Waals surface area contributed by atoms with E-state index in [0.717, 1.165) is 57.1 Å². The maximum absolute atomic E-state index is 5.23. The van der Waals surface area contributed by atoms with E-state index in [-0.39, 0.29) is 0 Å². The Bertz CT molecular complexity index is 1580. The van der Waals surface area contributed by atoms with Crippen LogP contribution in [0, 0.1) is 0 Å². The number of H-pyrrole nitrogens is 1. The molecule has 2 N–H and O–H groups in total. The van der Waals surface area contributed by atoms with Crippen LogP contribution in [0.5, 0.6) is 0 Å². The molecule has 6 heterocycles. The van der Waals surface area contributed by atoms with Crippen LogP contribution in [-0.2, 0) is 0 Å². The number of fused-ring (bicyclic) bond motifs is 4. The summed E-state index contributed by atoms with van der Waals surface area (Å²) in [5.74, 6) is 0.488. The SMILES string of the molecule is c1cc(-c2c(-c3ccncc3)nn3c(C4CCC(N5CC6CC5CN6)CC4)ccnc23)c2cn[nH]c2c1. The van der Waals surface area contributed by atoms with Gasteiger partial charge in [0, 0.05) is 72.4 Å². The van der Waals surface area contributed by atoms with Crippen molar-refractivity contribution in [2.24, 2.45) is 0 Å². The van der Waals surface area contributed by atoms with E-state index in [1.165, 1.54) is 50.9 Å². The molecule has 8 heteroatoms. The van der Waals surface area contributed by atoms with Crippen molar-refractivity contribution >= 4 is 16.6 Å². The van der Waals surface area contributed by atoms with E-state index in [0.29, 0.717) is 5.92 Å². The number of nitrogens with zero attached hydrogens (tertiary/aromatic N) is 6. The molecule has 2 aliphatic heterocycles. The normalized spacial score (nSPS) is 25.9. The van der Waals surface area contributed by atoms with Crippen molar-refractivity contribution < 1.29 is 0 Å². The number of likely N-dealkylation sites (tertiary alicyclic amines) is 1. The van der Waals surface area contributed by atoms with Crippen LogP contribution in [0.3, 0.4) is 0 Å². The van der Waals surface area contributed by atoms with Crippen LogP contribution < -0.4 is 5.32 Å². The minimum atomic E-state index is 0.488. The molecule has 4 aromatic heterocycles. The van der Waals surface area contributed by atoms with E-state index in [2.05, 4.69) is 54.2 Å². The number of hydrogen-bond acceptors (Lipinski definition) is 6. The second-order valence-corrected chi connectivity index (χ2v) is 10.9. The topological polar surface area (TPSA) is 87.0 Å². The van der Waals surface area contributed by atoms with Crippen molar-refractivity contribution in [2.45, 2.75) is 56.1 Å². The van der Waals surface area contributed by atoms with Crippen molar-refractivity contribution in [3.05, 3.63) is 66.9 Å². The third-order valence-corrected chi connectivity index (χ3v) is 8.94. The van der Waals surface area contributed by atoms with Gasteiger partial charge in [0.1, 0.15) is 5.69 Å². The minimum absolute atomic E-state index is 0.488. The Morgan fingerprint density at radius 3 is 2.62 bits per heavy atom. The molecule has 8 nitrogen and oxygen atoms in total. The van der Waals surface area contributed by atoms with Crippen LogP contribution in [0.25, 0.3) is 38.9 Å². The number of benzene rings is 1. The largest absolute Gasteiger partial charge is 0.311 e. The summed E-state index contributed by atoms with van der Waals surface area (Å²) in [6.07, 6.45) is 13.8. The van der Waals surface area contributed by atoms with E-state index < -0.39 is 0 Å². The molecule has 0 amide bonds. The van der Waals surface area contributed by atoms with E-state index >= 15 is 0 Å². The van der Waals surface area contributed by atoms with Gasteiger partial charge in [-0.2, -0.15) is 10.2 Å². The molecule has 1 aromatic carbocycles. The maximum atomic E-state index is 5.23. The number of aromatic amines is 1. The Morgan fingerprint density at radius 1 is 0.919 bits per heavy atom. The Kier molecular flexibility index (Phi) is 4.91. The quantitative estimate of drug-likeness (QED) is 0.388. The van der Waals surface area contributed by atoms with Crippen molar-refractivity contribution in [2.75, 3.05) is 13.1 Å². The standard InChI is InChI=1S/C29H30N8/c1-2-23(24-16-33-34-25(24)3-1)27-28(19-8-11-30-12-9-19)35-37-26(10-13-31-29(27)37)18-4-6-21(7-5-18)36-17-20-14-22(36)15-32-20/h1-3,8-13,16,18,20-22,32H,4-7,14-15,17H2,(H,33,34). The third kappa shape index (κ3) is 3.43. The zero-order valence-corrected chi connectivity index (χ0v) is 20.7. The first-order valence-electron chi connectivity index (χ1n) is 13.5. The smallest absolute Gasteiger partial charge is 0.163 e. The lowest BCUT2D eigenvalue weighted by atomic mass is 9.83. The van der Waals surface area contributed by atoms with Crippen molar-refractivity contribution in [3.63, 3.8) is 0 Å². The van der Waals surface area contributed by atoms with Crippen LogP contribution in [0.15, 0.2) is 61.2 Å². The third-order valence-electron chi connectivity index (χ3n) is 8.94. The Balaban J connectivity index is 1.21. The van der Waals surface area contributed by atoms with E-state index in [9.17, 15) is 0 Å². The summed E-state index contributed by atoms with van der Waals surface area (Å²) in [6, 6.07) is 14.7. The monoisotopic (exact) mass is 490 g/mol. The molecule has 3 fully saturated rings. The van der Waals surface area contributed by atoms with Gasteiger partial charge in [0.05, 0.1) is 17.3 Å². The summed E-state index contributed by atoms with van der Waals surface area (Å²) in [5.41, 5.74) is 7.32. The fourth-order valence-electron chi connectivity index (χ4n) is 7.16. The molecular formula is C29H30N8. The van der Waals surface area contributed by atoms with Gasteiger partial charge in [-0.15, -0.1) is 0 Å². The van der Waals surface area contributed by atoms with Crippen LogP contribution in [0.1, 0.15) is 43.7 Å². The Hall–Kier alpha value is -3.62. The Labute approximate surface area is 215 Å². The summed E-state index contributed by atoms with van der Waals surface area (Å²) in [7, 11) is 0. The molecule has 0 radical (unpaired) electrons. The van der Waals surface area contributed by atoms with Gasteiger partial charge in [-0.25, -0.2) is 9.50 Å². The highest BCUT2D eigenvalue weighted by Crippen LogP contribution is 2.41. The molecule has 3 aliphatic rings. The fourth-order valence-corrected chi connectivity index (χ4v) is 7.16. The second kappa shape index (κ2) is 8.46. The first-order valence-corrected chi connectivity index (χ1v) is 13.5. The molecule has 37 heavy (non-hydrogen) atoms. The molecular weight excluding hydrogens is 460 g/mol. The summed E-state index contributed by atoms with van der Waals surface area (Å²) in [6.45, 7) is 2.41. The highest BCUT2D eigenvalue weighted by Gasteiger charge is 2.42. The van der Waals surface area contributed by atoms with Gasteiger partial charge in [-0.3, -0.25) is 15.0 Å². The number of pyridine rings is 1. The van der Waals surface area contributed by atoms with Gasteiger partial charge in [0.25, 0.3) is 0 Å². The average molecular weight is 491 g/mol.